The second kappa shape index (κ2) is 9.80. The van der Waals surface area contributed by atoms with E-state index in [9.17, 15) is 4.79 Å². The third-order valence-electron chi connectivity index (χ3n) is 5.08. The number of aryl methyl sites for hydroxylation is 1. The maximum absolute atomic E-state index is 12.1. The molecule has 1 heterocycles. The number of nitrogens with one attached hydrogen (secondary N) is 1. The first-order chi connectivity index (χ1) is 11.6. The Kier molecular flexibility index (Phi) is 7.73. The molecular formula is C20H33N3O. The monoisotopic (exact) mass is 331 g/mol. The number of amides is 1. The van der Waals surface area contributed by atoms with Crippen molar-refractivity contribution >= 4 is 11.6 Å². The number of piperidine rings is 1. The number of carbonyl (C=O) groups excluding carboxylic acids is 1. The van der Waals surface area contributed by atoms with Gasteiger partial charge in [0, 0.05) is 37.8 Å². The molecule has 2 rings (SSSR count). The Labute approximate surface area is 147 Å². The molecule has 1 aliphatic rings. The summed E-state index contributed by atoms with van der Waals surface area (Å²) >= 11 is 0. The molecule has 0 spiro atoms. The van der Waals surface area contributed by atoms with Gasteiger partial charge in [-0.15, -0.1) is 0 Å². The smallest absolute Gasteiger partial charge is 0.225 e. The number of hydrogen-bond acceptors (Lipinski definition) is 3. The predicted molar refractivity (Wildman–Crippen MR) is 101 cm³/mol. The number of hydrogen-bond donors (Lipinski definition) is 1. The van der Waals surface area contributed by atoms with Crippen LogP contribution in [0.3, 0.4) is 0 Å². The molecule has 0 aliphatic carbocycles. The summed E-state index contributed by atoms with van der Waals surface area (Å²) in [6, 6.07) is 8.82. The fourth-order valence-corrected chi connectivity index (χ4v) is 3.24. The van der Waals surface area contributed by atoms with Gasteiger partial charge in [-0.25, -0.2) is 0 Å². The molecule has 1 fully saturated rings. The Bertz CT molecular complexity index is 500. The van der Waals surface area contributed by atoms with Gasteiger partial charge in [0.1, 0.15) is 0 Å². The van der Waals surface area contributed by atoms with Crippen LogP contribution in [0.5, 0.6) is 0 Å². The molecule has 1 atom stereocenters. The van der Waals surface area contributed by atoms with Crippen molar-refractivity contribution in [1.29, 1.82) is 0 Å². The number of anilines is 1. The van der Waals surface area contributed by atoms with E-state index in [0.29, 0.717) is 12.5 Å². The molecule has 0 unspecified atom stereocenters. The fourth-order valence-electron chi connectivity index (χ4n) is 3.24. The van der Waals surface area contributed by atoms with Crippen LogP contribution in [-0.2, 0) is 11.2 Å². The topological polar surface area (TPSA) is 35.6 Å². The average molecular weight is 332 g/mol. The molecule has 1 saturated heterocycles. The molecule has 4 nitrogen and oxygen atoms in total. The van der Waals surface area contributed by atoms with Crippen LogP contribution in [-0.4, -0.2) is 55.0 Å². The van der Waals surface area contributed by atoms with Crippen molar-refractivity contribution in [2.75, 3.05) is 38.5 Å². The number of benzene rings is 1. The van der Waals surface area contributed by atoms with E-state index in [2.05, 4.69) is 48.1 Å². The Balaban J connectivity index is 1.65. The third-order valence-corrected chi connectivity index (χ3v) is 5.08. The van der Waals surface area contributed by atoms with Crippen LogP contribution in [0.15, 0.2) is 24.3 Å². The van der Waals surface area contributed by atoms with Crippen LogP contribution in [0.4, 0.5) is 5.69 Å². The molecule has 0 radical (unpaired) electrons. The van der Waals surface area contributed by atoms with Crippen molar-refractivity contribution < 1.29 is 4.79 Å². The second-order valence-corrected chi connectivity index (χ2v) is 7.03. The van der Waals surface area contributed by atoms with Crippen LogP contribution in [0, 0.1) is 0 Å². The van der Waals surface area contributed by atoms with Gasteiger partial charge in [0.15, 0.2) is 0 Å². The fraction of sp³-hybridized carbons (Fsp3) is 0.650. The highest BCUT2D eigenvalue weighted by atomic mass is 16.1. The SMILES string of the molecule is CCc1ccc(NC(=O)CCN(C)CCN2CCCC[C@H]2C)cc1. The summed E-state index contributed by atoms with van der Waals surface area (Å²) in [7, 11) is 2.11. The summed E-state index contributed by atoms with van der Waals surface area (Å²) in [5, 5.41) is 2.99. The Morgan fingerprint density at radius 2 is 2.00 bits per heavy atom. The molecule has 134 valence electrons. The largest absolute Gasteiger partial charge is 0.326 e. The molecule has 4 heteroatoms. The van der Waals surface area contributed by atoms with Gasteiger partial charge in [-0.2, -0.15) is 0 Å². The molecule has 0 bridgehead atoms. The molecule has 0 saturated carbocycles. The van der Waals surface area contributed by atoms with E-state index in [1.54, 1.807) is 0 Å². The maximum atomic E-state index is 12.1. The highest BCUT2D eigenvalue weighted by Crippen LogP contribution is 2.15. The van der Waals surface area contributed by atoms with Gasteiger partial charge in [0.2, 0.25) is 5.91 Å². The first kappa shape index (κ1) is 18.9. The van der Waals surface area contributed by atoms with Crippen LogP contribution < -0.4 is 5.32 Å². The van der Waals surface area contributed by atoms with Gasteiger partial charge in [0.05, 0.1) is 0 Å². The average Bonchev–Trinajstić information content (AvgIpc) is 2.60. The van der Waals surface area contributed by atoms with Gasteiger partial charge in [-0.3, -0.25) is 9.69 Å². The lowest BCUT2D eigenvalue weighted by Crippen LogP contribution is -2.42. The molecule has 1 N–H and O–H groups in total. The van der Waals surface area contributed by atoms with Crippen molar-refractivity contribution in [3.63, 3.8) is 0 Å². The van der Waals surface area contributed by atoms with Gasteiger partial charge in [0.25, 0.3) is 0 Å². The summed E-state index contributed by atoms with van der Waals surface area (Å²) in [5.74, 6) is 0.0949. The number of likely N-dealkylation sites (N-methyl/N-ethyl adjacent to an activating group) is 1. The Morgan fingerprint density at radius 1 is 1.25 bits per heavy atom. The minimum absolute atomic E-state index is 0.0949. The van der Waals surface area contributed by atoms with Crippen LogP contribution in [0.2, 0.25) is 0 Å². The number of carbonyl (C=O) groups is 1. The molecule has 1 amide bonds. The van der Waals surface area contributed by atoms with E-state index in [4.69, 9.17) is 0 Å². The quantitative estimate of drug-likeness (QED) is 0.793. The summed E-state index contributed by atoms with van der Waals surface area (Å²) < 4.78 is 0. The minimum Gasteiger partial charge on any atom is -0.326 e. The first-order valence-corrected chi connectivity index (χ1v) is 9.40. The van der Waals surface area contributed by atoms with E-state index < -0.39 is 0 Å². The summed E-state index contributed by atoms with van der Waals surface area (Å²) in [4.78, 5) is 16.9. The van der Waals surface area contributed by atoms with E-state index in [1.807, 2.05) is 12.1 Å². The zero-order valence-electron chi connectivity index (χ0n) is 15.6. The van der Waals surface area contributed by atoms with Crippen molar-refractivity contribution in [2.24, 2.45) is 0 Å². The Hall–Kier alpha value is -1.39. The van der Waals surface area contributed by atoms with Crippen LogP contribution in [0.1, 0.15) is 45.1 Å². The molecule has 24 heavy (non-hydrogen) atoms. The standard InChI is InChI=1S/C20H33N3O/c1-4-18-8-10-19(11-9-18)21-20(24)12-14-22(3)15-16-23-13-6-5-7-17(23)2/h8-11,17H,4-7,12-16H2,1-3H3,(H,21,24)/t17-/m1/s1. The minimum atomic E-state index is 0.0949. The van der Waals surface area contributed by atoms with Crippen LogP contribution >= 0.6 is 0 Å². The second-order valence-electron chi connectivity index (χ2n) is 7.03. The van der Waals surface area contributed by atoms with Crippen molar-refractivity contribution in [3.8, 4) is 0 Å². The molecule has 1 aromatic rings. The number of nitrogens with zero attached hydrogens (tertiary/aromatic N) is 2. The van der Waals surface area contributed by atoms with Crippen molar-refractivity contribution in [2.45, 2.75) is 52.0 Å². The summed E-state index contributed by atoms with van der Waals surface area (Å²) in [6.07, 6.45) is 5.58. The summed E-state index contributed by atoms with van der Waals surface area (Å²) in [5.41, 5.74) is 2.18. The third kappa shape index (κ3) is 6.25. The van der Waals surface area contributed by atoms with E-state index in [1.165, 1.54) is 31.4 Å². The normalized spacial score (nSPS) is 18.8. The highest BCUT2D eigenvalue weighted by Gasteiger charge is 2.18. The number of rotatable bonds is 8. The molecule has 0 aromatic heterocycles. The highest BCUT2D eigenvalue weighted by molar-refractivity contribution is 5.90. The molecule has 1 aliphatic heterocycles. The van der Waals surface area contributed by atoms with Crippen LogP contribution in [0.25, 0.3) is 0 Å². The maximum Gasteiger partial charge on any atom is 0.225 e. The van der Waals surface area contributed by atoms with Gasteiger partial charge >= 0.3 is 0 Å². The van der Waals surface area contributed by atoms with E-state index >= 15 is 0 Å². The lowest BCUT2D eigenvalue weighted by Gasteiger charge is -2.34. The van der Waals surface area contributed by atoms with Gasteiger partial charge < -0.3 is 10.2 Å². The van der Waals surface area contributed by atoms with Crippen molar-refractivity contribution in [1.82, 2.24) is 9.80 Å². The Morgan fingerprint density at radius 3 is 2.67 bits per heavy atom. The first-order valence-electron chi connectivity index (χ1n) is 9.40. The van der Waals surface area contributed by atoms with Gasteiger partial charge in [-0.1, -0.05) is 25.5 Å². The van der Waals surface area contributed by atoms with E-state index in [-0.39, 0.29) is 5.91 Å². The molecular weight excluding hydrogens is 298 g/mol. The van der Waals surface area contributed by atoms with Gasteiger partial charge in [-0.05, 0) is 57.5 Å². The zero-order chi connectivity index (χ0) is 17.4. The zero-order valence-corrected chi connectivity index (χ0v) is 15.6. The van der Waals surface area contributed by atoms with E-state index in [0.717, 1.165) is 31.7 Å². The van der Waals surface area contributed by atoms with Crippen molar-refractivity contribution in [3.05, 3.63) is 29.8 Å². The predicted octanol–water partition coefficient (Wildman–Crippen LogP) is 3.38. The molecule has 1 aromatic carbocycles. The number of likely N-dealkylation sites (tertiary alicyclic amines) is 1. The lowest BCUT2D eigenvalue weighted by molar-refractivity contribution is -0.116. The summed E-state index contributed by atoms with van der Waals surface area (Å²) in [6.45, 7) is 8.63. The lowest BCUT2D eigenvalue weighted by atomic mass is 10.0.